The molecule has 0 saturated carbocycles. The van der Waals surface area contributed by atoms with Gasteiger partial charge in [0.05, 0.1) is 12.6 Å². The molecule has 1 N–H and O–H groups in total. The number of benzene rings is 1. The third kappa shape index (κ3) is 3.73. The predicted molar refractivity (Wildman–Crippen MR) is 104 cm³/mol. The first kappa shape index (κ1) is 18.5. The number of nitrogens with one attached hydrogen (secondary N) is 1. The van der Waals surface area contributed by atoms with Crippen molar-refractivity contribution in [2.24, 2.45) is 0 Å². The molecular formula is C22H24FN3O2. The average molecular weight is 381 g/mol. The molecular weight excluding hydrogens is 357 g/mol. The van der Waals surface area contributed by atoms with E-state index in [4.69, 9.17) is 4.42 Å². The molecule has 146 valence electrons. The molecule has 5 nitrogen and oxygen atoms in total. The SMILES string of the molecule is CCCNC(=O)c1ccc(CN2CCn3cccc3[C@@H]2c2ccc(F)cc2)o1. The lowest BCUT2D eigenvalue weighted by Gasteiger charge is -2.36. The zero-order valence-corrected chi connectivity index (χ0v) is 15.9. The maximum Gasteiger partial charge on any atom is 0.286 e. The van der Waals surface area contributed by atoms with Crippen LogP contribution in [0.5, 0.6) is 0 Å². The number of nitrogens with zero attached hydrogens (tertiary/aromatic N) is 2. The van der Waals surface area contributed by atoms with Crippen molar-refractivity contribution < 1.29 is 13.6 Å². The fraction of sp³-hybridized carbons (Fsp3) is 0.318. The van der Waals surface area contributed by atoms with Crippen molar-refractivity contribution in [3.05, 3.63) is 83.3 Å². The minimum absolute atomic E-state index is 0.00631. The van der Waals surface area contributed by atoms with Crippen LogP contribution in [-0.4, -0.2) is 28.5 Å². The lowest BCUT2D eigenvalue weighted by atomic mass is 9.99. The summed E-state index contributed by atoms with van der Waals surface area (Å²) in [6, 6.07) is 14.4. The van der Waals surface area contributed by atoms with Gasteiger partial charge in [0, 0.05) is 31.5 Å². The Balaban J connectivity index is 1.57. The first-order valence-electron chi connectivity index (χ1n) is 9.67. The van der Waals surface area contributed by atoms with Crippen molar-refractivity contribution in [2.45, 2.75) is 32.5 Å². The molecule has 3 aromatic rings. The first-order valence-corrected chi connectivity index (χ1v) is 9.67. The molecule has 0 radical (unpaired) electrons. The summed E-state index contributed by atoms with van der Waals surface area (Å²) in [5.41, 5.74) is 2.21. The topological polar surface area (TPSA) is 50.4 Å². The third-order valence-electron chi connectivity index (χ3n) is 5.10. The largest absolute Gasteiger partial charge is 0.455 e. The number of carbonyl (C=O) groups excluding carboxylic acids is 1. The third-order valence-corrected chi connectivity index (χ3v) is 5.10. The molecule has 0 unspecified atom stereocenters. The molecule has 1 aliphatic rings. The van der Waals surface area contributed by atoms with Crippen LogP contribution >= 0.6 is 0 Å². The summed E-state index contributed by atoms with van der Waals surface area (Å²) in [6.45, 7) is 4.93. The van der Waals surface area contributed by atoms with Gasteiger partial charge < -0.3 is 14.3 Å². The highest BCUT2D eigenvalue weighted by Crippen LogP contribution is 2.33. The molecule has 0 fully saturated rings. The summed E-state index contributed by atoms with van der Waals surface area (Å²) in [7, 11) is 0. The van der Waals surface area contributed by atoms with Gasteiger partial charge in [0.25, 0.3) is 5.91 Å². The van der Waals surface area contributed by atoms with E-state index in [2.05, 4.69) is 27.0 Å². The lowest BCUT2D eigenvalue weighted by Crippen LogP contribution is -2.37. The molecule has 1 atom stereocenters. The van der Waals surface area contributed by atoms with E-state index in [1.54, 1.807) is 6.07 Å². The normalized spacial score (nSPS) is 16.7. The lowest BCUT2D eigenvalue weighted by molar-refractivity contribution is 0.0919. The van der Waals surface area contributed by atoms with E-state index in [1.807, 2.05) is 31.2 Å². The molecule has 28 heavy (non-hydrogen) atoms. The van der Waals surface area contributed by atoms with Crippen LogP contribution < -0.4 is 5.32 Å². The van der Waals surface area contributed by atoms with E-state index in [-0.39, 0.29) is 17.8 Å². The average Bonchev–Trinajstić information content (AvgIpc) is 3.36. The number of carbonyl (C=O) groups is 1. The number of hydrogen-bond acceptors (Lipinski definition) is 3. The molecule has 0 saturated heterocycles. The van der Waals surface area contributed by atoms with Crippen molar-refractivity contribution in [1.82, 2.24) is 14.8 Å². The predicted octanol–water partition coefficient (Wildman–Crippen LogP) is 3.97. The Hall–Kier alpha value is -2.86. The molecule has 1 aromatic carbocycles. The molecule has 0 aliphatic carbocycles. The standard InChI is InChI=1S/C22H24FN3O2/c1-2-11-24-22(27)20-10-9-18(28-20)15-26-14-13-25-12-3-4-19(25)21(26)16-5-7-17(23)8-6-16/h3-10,12,21H,2,11,13-15H2,1H3,(H,24,27)/t21-/m0/s1. The van der Waals surface area contributed by atoms with Crippen molar-refractivity contribution >= 4 is 5.91 Å². The van der Waals surface area contributed by atoms with Crippen LogP contribution in [0, 0.1) is 5.82 Å². The molecule has 6 heteroatoms. The maximum absolute atomic E-state index is 13.4. The van der Waals surface area contributed by atoms with E-state index < -0.39 is 0 Å². The Labute approximate surface area is 163 Å². The minimum atomic E-state index is -0.240. The Kier molecular flexibility index (Phi) is 5.30. The summed E-state index contributed by atoms with van der Waals surface area (Å²) in [6.07, 6.45) is 2.96. The van der Waals surface area contributed by atoms with Crippen LogP contribution in [0.25, 0.3) is 0 Å². The number of hydrogen-bond donors (Lipinski definition) is 1. The van der Waals surface area contributed by atoms with Crippen LogP contribution in [0.2, 0.25) is 0 Å². The molecule has 1 aliphatic heterocycles. The maximum atomic E-state index is 13.4. The molecule has 2 aromatic heterocycles. The summed E-state index contributed by atoms with van der Waals surface area (Å²) in [5.74, 6) is 0.655. The molecule has 3 heterocycles. The van der Waals surface area contributed by atoms with Crippen molar-refractivity contribution in [1.29, 1.82) is 0 Å². The highest BCUT2D eigenvalue weighted by atomic mass is 19.1. The Morgan fingerprint density at radius 1 is 1.18 bits per heavy atom. The number of amides is 1. The monoisotopic (exact) mass is 381 g/mol. The van der Waals surface area contributed by atoms with Crippen LogP contribution in [0.1, 0.15) is 47.0 Å². The zero-order valence-electron chi connectivity index (χ0n) is 15.9. The summed E-state index contributed by atoms with van der Waals surface area (Å²) in [5, 5.41) is 2.83. The number of rotatable bonds is 6. The van der Waals surface area contributed by atoms with Gasteiger partial charge >= 0.3 is 0 Å². The number of halogens is 1. The quantitative estimate of drug-likeness (QED) is 0.703. The van der Waals surface area contributed by atoms with Gasteiger partial charge in [0.1, 0.15) is 11.6 Å². The van der Waals surface area contributed by atoms with E-state index in [0.717, 1.165) is 30.8 Å². The van der Waals surface area contributed by atoms with Crippen molar-refractivity contribution in [3.63, 3.8) is 0 Å². The number of furan rings is 1. The van der Waals surface area contributed by atoms with Crippen LogP contribution in [0.4, 0.5) is 4.39 Å². The minimum Gasteiger partial charge on any atom is -0.455 e. The van der Waals surface area contributed by atoms with E-state index >= 15 is 0 Å². The van der Waals surface area contributed by atoms with E-state index in [9.17, 15) is 9.18 Å². The van der Waals surface area contributed by atoms with Gasteiger partial charge in [-0.05, 0) is 48.4 Å². The zero-order chi connectivity index (χ0) is 19.5. The number of aromatic nitrogens is 1. The molecule has 0 bridgehead atoms. The second-order valence-corrected chi connectivity index (χ2v) is 7.07. The van der Waals surface area contributed by atoms with Crippen molar-refractivity contribution in [3.8, 4) is 0 Å². The highest BCUT2D eigenvalue weighted by molar-refractivity contribution is 5.91. The van der Waals surface area contributed by atoms with Gasteiger partial charge in [-0.25, -0.2) is 4.39 Å². The molecule has 4 rings (SSSR count). The summed E-state index contributed by atoms with van der Waals surface area (Å²) >= 11 is 0. The summed E-state index contributed by atoms with van der Waals surface area (Å²) < 4.78 is 21.5. The highest BCUT2D eigenvalue weighted by Gasteiger charge is 2.29. The second-order valence-electron chi connectivity index (χ2n) is 7.07. The Morgan fingerprint density at radius 3 is 2.79 bits per heavy atom. The van der Waals surface area contributed by atoms with Gasteiger partial charge in [0.2, 0.25) is 0 Å². The number of fused-ring (bicyclic) bond motifs is 1. The van der Waals surface area contributed by atoms with Crippen LogP contribution in [0.15, 0.2) is 59.1 Å². The fourth-order valence-corrected chi connectivity index (χ4v) is 3.74. The van der Waals surface area contributed by atoms with E-state index in [0.29, 0.717) is 18.8 Å². The van der Waals surface area contributed by atoms with Gasteiger partial charge in [0.15, 0.2) is 5.76 Å². The Morgan fingerprint density at radius 2 is 2.00 bits per heavy atom. The molecule has 1 amide bonds. The summed E-state index contributed by atoms with van der Waals surface area (Å²) in [4.78, 5) is 14.4. The fourth-order valence-electron chi connectivity index (χ4n) is 3.74. The Bertz CT molecular complexity index is 945. The van der Waals surface area contributed by atoms with E-state index in [1.165, 1.54) is 17.8 Å². The van der Waals surface area contributed by atoms with Gasteiger partial charge in [-0.15, -0.1) is 0 Å². The molecule has 0 spiro atoms. The van der Waals surface area contributed by atoms with Crippen LogP contribution in [0.3, 0.4) is 0 Å². The van der Waals surface area contributed by atoms with Crippen molar-refractivity contribution in [2.75, 3.05) is 13.1 Å². The second kappa shape index (κ2) is 8.02. The first-order chi connectivity index (χ1) is 13.7. The van der Waals surface area contributed by atoms with Gasteiger partial charge in [-0.2, -0.15) is 0 Å². The van der Waals surface area contributed by atoms with Gasteiger partial charge in [-0.1, -0.05) is 19.1 Å². The van der Waals surface area contributed by atoms with Crippen LogP contribution in [-0.2, 0) is 13.1 Å². The van der Waals surface area contributed by atoms with Gasteiger partial charge in [-0.3, -0.25) is 9.69 Å². The smallest absolute Gasteiger partial charge is 0.286 e.